The number of rotatable bonds is 6. The van der Waals surface area contributed by atoms with Crippen molar-refractivity contribution in [3.63, 3.8) is 0 Å². The van der Waals surface area contributed by atoms with Gasteiger partial charge in [0.2, 0.25) is 0 Å². The number of ether oxygens (including phenoxy) is 3. The number of alkyl halides is 3. The van der Waals surface area contributed by atoms with E-state index in [1.807, 2.05) is 0 Å². The Hall–Kier alpha value is -3.38. The van der Waals surface area contributed by atoms with E-state index in [9.17, 15) is 21.6 Å². The summed E-state index contributed by atoms with van der Waals surface area (Å²) >= 11 is 0. The Morgan fingerprint density at radius 2 is 1.86 bits per heavy atom. The smallest absolute Gasteiger partial charge is 0.416 e. The molecule has 1 N–H and O–H groups in total. The molecular formula is C24H22F3N3O5S. The maximum absolute atomic E-state index is 13.4. The van der Waals surface area contributed by atoms with E-state index in [-0.39, 0.29) is 35.1 Å². The first-order valence-corrected chi connectivity index (χ1v) is 12.7. The van der Waals surface area contributed by atoms with Gasteiger partial charge in [-0.05, 0) is 36.8 Å². The van der Waals surface area contributed by atoms with Crippen molar-refractivity contribution in [1.29, 1.82) is 0 Å². The maximum Gasteiger partial charge on any atom is 0.416 e. The van der Waals surface area contributed by atoms with Gasteiger partial charge >= 0.3 is 6.18 Å². The SMILES string of the molecule is O=S(=O)(Nc1cccnn1)c1ccc2c(c1)OCC[C@@H]2c1ccc(C(F)(F)F)cc1O[C@H]1CCOC1. The summed E-state index contributed by atoms with van der Waals surface area (Å²) in [6.45, 7) is 1.05. The zero-order chi connectivity index (χ0) is 25.3. The number of anilines is 1. The summed E-state index contributed by atoms with van der Waals surface area (Å²) in [4.78, 5) is -0.0421. The van der Waals surface area contributed by atoms with E-state index in [0.717, 1.165) is 12.1 Å². The van der Waals surface area contributed by atoms with Crippen LogP contribution >= 0.6 is 0 Å². The molecule has 0 unspecified atom stereocenters. The predicted molar refractivity (Wildman–Crippen MR) is 123 cm³/mol. The highest BCUT2D eigenvalue weighted by atomic mass is 32.2. The minimum absolute atomic E-state index is 0.0421. The van der Waals surface area contributed by atoms with E-state index in [4.69, 9.17) is 14.2 Å². The van der Waals surface area contributed by atoms with Gasteiger partial charge in [-0.25, -0.2) is 8.42 Å². The zero-order valence-corrected chi connectivity index (χ0v) is 19.7. The number of hydrogen-bond acceptors (Lipinski definition) is 7. The van der Waals surface area contributed by atoms with Crippen LogP contribution < -0.4 is 14.2 Å². The van der Waals surface area contributed by atoms with Gasteiger partial charge in [0.15, 0.2) is 5.82 Å². The average Bonchev–Trinajstić information content (AvgIpc) is 3.36. The van der Waals surface area contributed by atoms with Crippen molar-refractivity contribution < 1.29 is 35.8 Å². The molecule has 8 nitrogen and oxygen atoms in total. The molecule has 2 aliphatic rings. The predicted octanol–water partition coefficient (Wildman–Crippen LogP) is 4.38. The van der Waals surface area contributed by atoms with Crippen LogP contribution in [0.1, 0.15) is 35.4 Å². The fraction of sp³-hybridized carbons (Fsp3) is 0.333. The molecule has 0 aliphatic carbocycles. The molecular weight excluding hydrogens is 499 g/mol. The van der Waals surface area contributed by atoms with Crippen LogP contribution in [0.5, 0.6) is 11.5 Å². The monoisotopic (exact) mass is 521 g/mol. The van der Waals surface area contributed by atoms with Gasteiger partial charge in [-0.1, -0.05) is 12.1 Å². The Balaban J connectivity index is 1.49. The highest BCUT2D eigenvalue weighted by Gasteiger charge is 2.34. The van der Waals surface area contributed by atoms with Crippen LogP contribution in [0.3, 0.4) is 0 Å². The van der Waals surface area contributed by atoms with Gasteiger partial charge in [0, 0.05) is 35.7 Å². The van der Waals surface area contributed by atoms with Crippen molar-refractivity contribution in [3.05, 3.63) is 71.4 Å². The van der Waals surface area contributed by atoms with Crippen LogP contribution in [0.4, 0.5) is 19.0 Å². The summed E-state index contributed by atoms with van der Waals surface area (Å²) in [5, 5.41) is 7.38. The van der Waals surface area contributed by atoms with E-state index in [1.165, 1.54) is 30.5 Å². The van der Waals surface area contributed by atoms with Crippen LogP contribution in [0.15, 0.2) is 59.6 Å². The molecule has 0 spiro atoms. The Bertz CT molecular complexity index is 1350. The fourth-order valence-corrected chi connectivity index (χ4v) is 5.31. The summed E-state index contributed by atoms with van der Waals surface area (Å²) in [6.07, 6.45) is -2.37. The highest BCUT2D eigenvalue weighted by molar-refractivity contribution is 7.92. The lowest BCUT2D eigenvalue weighted by atomic mass is 9.85. The number of nitrogens with one attached hydrogen (secondary N) is 1. The molecule has 3 aromatic rings. The van der Waals surface area contributed by atoms with Crippen molar-refractivity contribution in [2.45, 2.75) is 35.9 Å². The molecule has 1 aromatic heterocycles. The largest absolute Gasteiger partial charge is 0.493 e. The third kappa shape index (κ3) is 5.09. The van der Waals surface area contributed by atoms with Crippen molar-refractivity contribution in [1.82, 2.24) is 10.2 Å². The van der Waals surface area contributed by atoms with Crippen molar-refractivity contribution in [3.8, 4) is 11.5 Å². The van der Waals surface area contributed by atoms with Gasteiger partial charge in [0.1, 0.15) is 17.6 Å². The van der Waals surface area contributed by atoms with Gasteiger partial charge in [-0.2, -0.15) is 18.3 Å². The first kappa shape index (κ1) is 24.3. The van der Waals surface area contributed by atoms with Crippen LogP contribution in [-0.2, 0) is 20.9 Å². The Morgan fingerprint density at radius 1 is 1.03 bits per heavy atom. The third-order valence-corrected chi connectivity index (χ3v) is 7.40. The topological polar surface area (TPSA) is 99.6 Å². The van der Waals surface area contributed by atoms with E-state index in [0.29, 0.717) is 42.9 Å². The van der Waals surface area contributed by atoms with Crippen molar-refractivity contribution in [2.75, 3.05) is 24.5 Å². The number of aromatic nitrogens is 2. The second-order valence-corrected chi connectivity index (χ2v) is 10.1. The minimum atomic E-state index is -4.52. The standard InChI is InChI=1S/C24H22F3N3O5S/c25-24(26,27)15-3-5-20(22(12-15)35-16-7-10-33-14-16)18-8-11-34-21-13-17(4-6-19(18)21)36(31,32)30-23-2-1-9-28-29-23/h1-6,9,12-13,16,18H,7-8,10-11,14H2,(H,29,30)/t16-,18-/m0/s1. The quantitative estimate of drug-likeness (QED) is 0.514. The lowest BCUT2D eigenvalue weighted by molar-refractivity contribution is -0.137. The lowest BCUT2D eigenvalue weighted by Crippen LogP contribution is -2.21. The Morgan fingerprint density at radius 3 is 2.58 bits per heavy atom. The van der Waals surface area contributed by atoms with Crippen LogP contribution in [0.25, 0.3) is 0 Å². The van der Waals surface area contributed by atoms with Gasteiger partial charge in [0.05, 0.1) is 30.3 Å². The molecule has 0 radical (unpaired) electrons. The zero-order valence-electron chi connectivity index (χ0n) is 18.9. The number of fused-ring (bicyclic) bond motifs is 1. The third-order valence-electron chi connectivity index (χ3n) is 6.04. The number of hydrogen-bond donors (Lipinski definition) is 1. The summed E-state index contributed by atoms with van der Waals surface area (Å²) in [5.74, 6) is 0.192. The molecule has 36 heavy (non-hydrogen) atoms. The second kappa shape index (κ2) is 9.58. The molecule has 0 amide bonds. The molecule has 3 heterocycles. The van der Waals surface area contributed by atoms with Crippen LogP contribution in [0.2, 0.25) is 0 Å². The van der Waals surface area contributed by atoms with Crippen LogP contribution in [0, 0.1) is 0 Å². The molecule has 2 aromatic carbocycles. The lowest BCUT2D eigenvalue weighted by Gasteiger charge is -2.29. The molecule has 5 rings (SSSR count). The number of nitrogens with zero attached hydrogens (tertiary/aromatic N) is 2. The van der Waals surface area contributed by atoms with Gasteiger partial charge < -0.3 is 14.2 Å². The highest BCUT2D eigenvalue weighted by Crippen LogP contribution is 2.44. The number of halogens is 3. The van der Waals surface area contributed by atoms with E-state index in [1.54, 1.807) is 12.1 Å². The minimum Gasteiger partial charge on any atom is -0.493 e. The normalized spacial score (nSPS) is 19.9. The molecule has 1 saturated heterocycles. The Labute approximate surface area is 205 Å². The molecule has 12 heteroatoms. The average molecular weight is 522 g/mol. The fourth-order valence-electron chi connectivity index (χ4n) is 4.30. The van der Waals surface area contributed by atoms with Crippen molar-refractivity contribution in [2.24, 2.45) is 0 Å². The van der Waals surface area contributed by atoms with Crippen molar-refractivity contribution >= 4 is 15.8 Å². The van der Waals surface area contributed by atoms with Gasteiger partial charge in [-0.3, -0.25) is 4.72 Å². The summed E-state index contributed by atoms with van der Waals surface area (Å²) in [7, 11) is -3.97. The van der Waals surface area contributed by atoms with Crippen LogP contribution in [-0.4, -0.2) is 44.5 Å². The molecule has 0 saturated carbocycles. The summed E-state index contributed by atoms with van der Waals surface area (Å²) in [5.41, 5.74) is 0.434. The molecule has 0 bridgehead atoms. The van der Waals surface area contributed by atoms with E-state index < -0.39 is 21.8 Å². The van der Waals surface area contributed by atoms with E-state index in [2.05, 4.69) is 14.9 Å². The van der Waals surface area contributed by atoms with Gasteiger partial charge in [0.25, 0.3) is 10.0 Å². The molecule has 2 atom stereocenters. The van der Waals surface area contributed by atoms with Gasteiger partial charge in [-0.15, -0.1) is 5.10 Å². The molecule has 1 fully saturated rings. The van der Waals surface area contributed by atoms with E-state index >= 15 is 0 Å². The summed E-state index contributed by atoms with van der Waals surface area (Å²) < 4.78 is 85.4. The first-order chi connectivity index (χ1) is 17.2. The Kier molecular flexibility index (Phi) is 6.47. The maximum atomic E-state index is 13.4. The number of sulfonamides is 1. The molecule has 2 aliphatic heterocycles. The molecule has 190 valence electrons. The summed E-state index contributed by atoms with van der Waals surface area (Å²) in [6, 6.07) is 10.9. The number of benzene rings is 2. The second-order valence-electron chi connectivity index (χ2n) is 8.46. The first-order valence-electron chi connectivity index (χ1n) is 11.2.